The van der Waals surface area contributed by atoms with Crippen molar-refractivity contribution in [2.75, 3.05) is 31.6 Å². The summed E-state index contributed by atoms with van der Waals surface area (Å²) in [5, 5.41) is 3.08. The summed E-state index contributed by atoms with van der Waals surface area (Å²) in [5.41, 5.74) is 2.82. The van der Waals surface area contributed by atoms with Gasteiger partial charge in [-0.15, -0.1) is 0 Å². The van der Waals surface area contributed by atoms with Crippen LogP contribution in [0.15, 0.2) is 77.7 Å². The smallest absolute Gasteiger partial charge is 0.257 e. The lowest BCUT2D eigenvalue weighted by Crippen LogP contribution is -2.40. The van der Waals surface area contributed by atoms with Crippen LogP contribution in [0.25, 0.3) is 0 Å². The van der Waals surface area contributed by atoms with Gasteiger partial charge in [0.15, 0.2) is 0 Å². The highest BCUT2D eigenvalue weighted by Crippen LogP contribution is 2.26. The molecule has 1 saturated heterocycles. The number of morpholine rings is 1. The number of carbonyl (C=O) groups is 1. The number of hydrogen-bond donors (Lipinski definition) is 1. The Morgan fingerprint density at radius 3 is 2.41 bits per heavy atom. The van der Waals surface area contributed by atoms with E-state index >= 15 is 0 Å². The summed E-state index contributed by atoms with van der Waals surface area (Å²) in [6.07, 6.45) is 0.649. The van der Waals surface area contributed by atoms with E-state index in [-0.39, 0.29) is 28.6 Å². The number of amides is 1. The molecule has 1 heterocycles. The number of hydrogen-bond acceptors (Lipinski definition) is 4. The van der Waals surface area contributed by atoms with E-state index in [1.54, 1.807) is 0 Å². The zero-order valence-electron chi connectivity index (χ0n) is 17.3. The Morgan fingerprint density at radius 1 is 0.969 bits per heavy atom. The van der Waals surface area contributed by atoms with E-state index in [2.05, 4.69) is 5.32 Å². The fourth-order valence-corrected chi connectivity index (χ4v) is 5.21. The SMILES string of the molecule is O=C(Nc1ccccc1Cc1ccccc1)c1cc(S(=O)(=O)N2CCOCC2)ccc1Cl. The van der Waals surface area contributed by atoms with E-state index in [9.17, 15) is 13.2 Å². The molecule has 0 aliphatic carbocycles. The number of benzene rings is 3. The molecule has 0 saturated carbocycles. The summed E-state index contributed by atoms with van der Waals surface area (Å²) in [4.78, 5) is 13.1. The fourth-order valence-electron chi connectivity index (χ4n) is 3.58. The van der Waals surface area contributed by atoms with Gasteiger partial charge in [0.25, 0.3) is 5.91 Å². The second-order valence-corrected chi connectivity index (χ2v) is 9.78. The molecular formula is C24H23ClN2O4S. The van der Waals surface area contributed by atoms with E-state index in [0.29, 0.717) is 25.3 Å². The number of anilines is 1. The van der Waals surface area contributed by atoms with Crippen molar-refractivity contribution in [1.82, 2.24) is 4.31 Å². The number of carbonyl (C=O) groups excluding carboxylic acids is 1. The lowest BCUT2D eigenvalue weighted by molar-refractivity contribution is 0.0730. The van der Waals surface area contributed by atoms with Crippen LogP contribution in [-0.2, 0) is 21.2 Å². The van der Waals surface area contributed by atoms with Crippen molar-refractivity contribution in [2.45, 2.75) is 11.3 Å². The van der Waals surface area contributed by atoms with Gasteiger partial charge in [0.05, 0.1) is 28.7 Å². The van der Waals surface area contributed by atoms with Gasteiger partial charge in [-0.1, -0.05) is 60.1 Å². The lowest BCUT2D eigenvalue weighted by atomic mass is 10.0. The molecule has 4 rings (SSSR count). The maximum atomic E-state index is 13.1. The van der Waals surface area contributed by atoms with E-state index in [1.807, 2.05) is 54.6 Å². The van der Waals surface area contributed by atoms with E-state index < -0.39 is 15.9 Å². The molecule has 3 aromatic carbocycles. The van der Waals surface area contributed by atoms with Crippen molar-refractivity contribution in [3.8, 4) is 0 Å². The highest BCUT2D eigenvalue weighted by atomic mass is 35.5. The first-order valence-corrected chi connectivity index (χ1v) is 12.1. The Morgan fingerprint density at radius 2 is 1.66 bits per heavy atom. The summed E-state index contributed by atoms with van der Waals surface area (Å²) in [5.74, 6) is -0.463. The predicted molar refractivity (Wildman–Crippen MR) is 125 cm³/mol. The monoisotopic (exact) mass is 470 g/mol. The first kappa shape index (κ1) is 22.5. The molecule has 8 heteroatoms. The largest absolute Gasteiger partial charge is 0.379 e. The van der Waals surface area contributed by atoms with Crippen LogP contribution in [-0.4, -0.2) is 44.9 Å². The maximum absolute atomic E-state index is 13.1. The lowest BCUT2D eigenvalue weighted by Gasteiger charge is -2.26. The Labute approximate surface area is 192 Å². The second-order valence-electron chi connectivity index (χ2n) is 7.43. The summed E-state index contributed by atoms with van der Waals surface area (Å²) in [7, 11) is -3.74. The van der Waals surface area contributed by atoms with Crippen LogP contribution in [0.5, 0.6) is 0 Å². The minimum Gasteiger partial charge on any atom is -0.379 e. The molecular weight excluding hydrogens is 448 g/mol. The van der Waals surface area contributed by atoms with Gasteiger partial charge in [-0.25, -0.2) is 8.42 Å². The number of rotatable bonds is 6. The molecule has 6 nitrogen and oxygen atoms in total. The molecule has 0 unspecified atom stereocenters. The van der Waals surface area contributed by atoms with Crippen molar-refractivity contribution < 1.29 is 17.9 Å². The van der Waals surface area contributed by atoms with Gasteiger partial charge in [0.2, 0.25) is 10.0 Å². The third-order valence-corrected chi connectivity index (χ3v) is 7.52. The van der Waals surface area contributed by atoms with E-state index in [0.717, 1.165) is 11.1 Å². The van der Waals surface area contributed by atoms with Crippen LogP contribution in [0.3, 0.4) is 0 Å². The number of halogens is 1. The number of ether oxygens (including phenoxy) is 1. The van der Waals surface area contributed by atoms with Crippen LogP contribution in [0.4, 0.5) is 5.69 Å². The fraction of sp³-hybridized carbons (Fsp3) is 0.208. The van der Waals surface area contributed by atoms with Gasteiger partial charge in [-0.2, -0.15) is 4.31 Å². The van der Waals surface area contributed by atoms with Crippen LogP contribution in [0, 0.1) is 0 Å². The second kappa shape index (κ2) is 9.83. The minimum atomic E-state index is -3.74. The average Bonchev–Trinajstić information content (AvgIpc) is 2.81. The molecule has 32 heavy (non-hydrogen) atoms. The third kappa shape index (κ3) is 5.02. The predicted octanol–water partition coefficient (Wildman–Crippen LogP) is 4.20. The van der Waals surface area contributed by atoms with Crippen LogP contribution >= 0.6 is 11.6 Å². The quantitative estimate of drug-likeness (QED) is 0.585. The van der Waals surface area contributed by atoms with Crippen LogP contribution in [0.1, 0.15) is 21.5 Å². The summed E-state index contributed by atoms with van der Waals surface area (Å²) in [6.45, 7) is 1.25. The normalized spacial score (nSPS) is 14.8. The number of nitrogens with zero attached hydrogens (tertiary/aromatic N) is 1. The standard InChI is InChI=1S/C24H23ClN2O4S/c25-22-11-10-20(32(29,30)27-12-14-31-15-13-27)17-21(22)24(28)26-23-9-5-4-8-19(23)16-18-6-2-1-3-7-18/h1-11,17H,12-16H2,(H,26,28). The molecule has 1 fully saturated rings. The first-order valence-electron chi connectivity index (χ1n) is 10.3. The van der Waals surface area contributed by atoms with Crippen molar-refractivity contribution in [1.29, 1.82) is 0 Å². The van der Waals surface area contributed by atoms with E-state index in [4.69, 9.17) is 16.3 Å². The number of sulfonamides is 1. The Kier molecular flexibility index (Phi) is 6.91. The minimum absolute atomic E-state index is 0.0338. The van der Waals surface area contributed by atoms with Gasteiger partial charge in [-0.3, -0.25) is 4.79 Å². The summed E-state index contributed by atoms with van der Waals surface area (Å²) < 4.78 is 32.6. The molecule has 3 aromatic rings. The molecule has 1 aliphatic heterocycles. The molecule has 1 N–H and O–H groups in total. The van der Waals surface area contributed by atoms with Crippen molar-refractivity contribution in [3.05, 3.63) is 94.5 Å². The Hall–Kier alpha value is -2.71. The van der Waals surface area contributed by atoms with Gasteiger partial charge in [-0.05, 0) is 41.8 Å². The van der Waals surface area contributed by atoms with Crippen molar-refractivity contribution in [2.24, 2.45) is 0 Å². The van der Waals surface area contributed by atoms with Crippen molar-refractivity contribution >= 4 is 33.2 Å². The molecule has 0 aromatic heterocycles. The summed E-state index contributed by atoms with van der Waals surface area (Å²) in [6, 6.07) is 21.7. The highest BCUT2D eigenvalue weighted by molar-refractivity contribution is 7.89. The summed E-state index contributed by atoms with van der Waals surface area (Å²) >= 11 is 6.27. The van der Waals surface area contributed by atoms with Crippen LogP contribution < -0.4 is 5.32 Å². The molecule has 166 valence electrons. The Balaban J connectivity index is 1.59. The van der Waals surface area contributed by atoms with Gasteiger partial charge in [0, 0.05) is 18.8 Å². The highest BCUT2D eigenvalue weighted by Gasteiger charge is 2.27. The van der Waals surface area contributed by atoms with Gasteiger partial charge in [0.1, 0.15) is 0 Å². The Bertz CT molecular complexity index is 1210. The zero-order chi connectivity index (χ0) is 22.6. The first-order chi connectivity index (χ1) is 15.4. The average molecular weight is 471 g/mol. The molecule has 0 spiro atoms. The topological polar surface area (TPSA) is 75.7 Å². The molecule has 0 radical (unpaired) electrons. The van der Waals surface area contributed by atoms with Gasteiger partial charge >= 0.3 is 0 Å². The zero-order valence-corrected chi connectivity index (χ0v) is 18.9. The molecule has 1 aliphatic rings. The molecule has 1 amide bonds. The number of para-hydroxylation sites is 1. The van der Waals surface area contributed by atoms with Crippen LogP contribution in [0.2, 0.25) is 5.02 Å². The van der Waals surface area contributed by atoms with Crippen molar-refractivity contribution in [3.63, 3.8) is 0 Å². The maximum Gasteiger partial charge on any atom is 0.257 e. The third-order valence-electron chi connectivity index (χ3n) is 5.29. The van der Waals surface area contributed by atoms with E-state index in [1.165, 1.54) is 22.5 Å². The van der Waals surface area contributed by atoms with Gasteiger partial charge < -0.3 is 10.1 Å². The molecule has 0 atom stereocenters. The molecule has 0 bridgehead atoms. The number of nitrogens with one attached hydrogen (secondary N) is 1.